The van der Waals surface area contributed by atoms with Crippen LogP contribution in [0, 0.1) is 0 Å². The second kappa shape index (κ2) is 5.60. The minimum Gasteiger partial charge on any atom is -0.390 e. The van der Waals surface area contributed by atoms with Gasteiger partial charge in [0.1, 0.15) is 0 Å². The Kier molecular flexibility index (Phi) is 4.65. The number of amides is 1. The van der Waals surface area contributed by atoms with Crippen molar-refractivity contribution in [3.63, 3.8) is 0 Å². The molecular weight excluding hydrogens is 284 g/mol. The summed E-state index contributed by atoms with van der Waals surface area (Å²) in [5.41, 5.74) is -0.245. The second-order valence-corrected chi connectivity index (χ2v) is 5.60. The molecule has 0 saturated heterocycles. The summed E-state index contributed by atoms with van der Waals surface area (Å²) in [6.45, 7) is 5.31. The number of aromatic nitrogens is 1. The SMILES string of the molecule is CC(CC(C)(C)O)NC(=O)c1ccncc1Br. The largest absolute Gasteiger partial charge is 0.390 e. The fourth-order valence-electron chi connectivity index (χ4n) is 1.66. The molecule has 0 radical (unpaired) electrons. The summed E-state index contributed by atoms with van der Waals surface area (Å²) in [5, 5.41) is 12.5. The molecule has 0 spiro atoms. The van der Waals surface area contributed by atoms with E-state index in [0.717, 1.165) is 0 Å². The highest BCUT2D eigenvalue weighted by Gasteiger charge is 2.19. The van der Waals surface area contributed by atoms with Gasteiger partial charge in [0.2, 0.25) is 0 Å². The standard InChI is InChI=1S/C12H17BrN2O2/c1-8(6-12(2,3)17)15-11(16)9-4-5-14-7-10(9)13/h4-5,7-8,17H,6H2,1-3H3,(H,15,16). The van der Waals surface area contributed by atoms with Gasteiger partial charge in [-0.25, -0.2) is 0 Å². The Bertz CT molecular complexity index is 402. The van der Waals surface area contributed by atoms with E-state index in [2.05, 4.69) is 26.2 Å². The van der Waals surface area contributed by atoms with Crippen LogP contribution >= 0.6 is 15.9 Å². The van der Waals surface area contributed by atoms with Crippen LogP contribution in [0.2, 0.25) is 0 Å². The Morgan fingerprint density at radius 3 is 2.82 bits per heavy atom. The van der Waals surface area contributed by atoms with Crippen LogP contribution in [0.15, 0.2) is 22.9 Å². The van der Waals surface area contributed by atoms with Crippen molar-refractivity contribution in [3.05, 3.63) is 28.5 Å². The molecule has 0 aliphatic rings. The summed E-state index contributed by atoms with van der Waals surface area (Å²) in [5.74, 6) is -0.170. The van der Waals surface area contributed by atoms with E-state index >= 15 is 0 Å². The number of aliphatic hydroxyl groups is 1. The van der Waals surface area contributed by atoms with Crippen molar-refractivity contribution < 1.29 is 9.90 Å². The topological polar surface area (TPSA) is 62.2 Å². The molecule has 1 aromatic heterocycles. The Morgan fingerprint density at radius 1 is 1.65 bits per heavy atom. The predicted octanol–water partition coefficient (Wildman–Crippen LogP) is 2.12. The second-order valence-electron chi connectivity index (χ2n) is 4.75. The van der Waals surface area contributed by atoms with Crippen LogP contribution in [-0.2, 0) is 0 Å². The maximum atomic E-state index is 11.9. The zero-order valence-corrected chi connectivity index (χ0v) is 11.8. The number of carbonyl (C=O) groups excluding carboxylic acids is 1. The van der Waals surface area contributed by atoms with E-state index < -0.39 is 5.60 Å². The van der Waals surface area contributed by atoms with Gasteiger partial charge in [-0.1, -0.05) is 0 Å². The maximum Gasteiger partial charge on any atom is 0.252 e. The smallest absolute Gasteiger partial charge is 0.252 e. The van der Waals surface area contributed by atoms with Crippen molar-refractivity contribution in [2.75, 3.05) is 0 Å². The number of nitrogens with zero attached hydrogens (tertiary/aromatic N) is 1. The number of rotatable bonds is 4. The Hall–Kier alpha value is -0.940. The van der Waals surface area contributed by atoms with Crippen LogP contribution in [0.5, 0.6) is 0 Å². The minimum absolute atomic E-state index is 0.0948. The van der Waals surface area contributed by atoms with E-state index in [1.807, 2.05) is 6.92 Å². The van der Waals surface area contributed by atoms with Crippen LogP contribution < -0.4 is 5.32 Å². The van der Waals surface area contributed by atoms with Crippen molar-refractivity contribution in [3.8, 4) is 0 Å². The van der Waals surface area contributed by atoms with E-state index in [0.29, 0.717) is 16.5 Å². The van der Waals surface area contributed by atoms with Crippen LogP contribution in [0.4, 0.5) is 0 Å². The monoisotopic (exact) mass is 300 g/mol. The first-order valence-corrected chi connectivity index (χ1v) is 6.21. The zero-order chi connectivity index (χ0) is 13.1. The molecule has 0 aromatic carbocycles. The summed E-state index contributed by atoms with van der Waals surface area (Å²) in [6, 6.07) is 1.55. The maximum absolute atomic E-state index is 11.9. The lowest BCUT2D eigenvalue weighted by molar-refractivity contribution is 0.0593. The van der Waals surface area contributed by atoms with Crippen molar-refractivity contribution in [1.82, 2.24) is 10.3 Å². The normalized spacial score (nSPS) is 13.2. The highest BCUT2D eigenvalue weighted by Crippen LogP contribution is 2.15. The Morgan fingerprint density at radius 2 is 2.29 bits per heavy atom. The fourth-order valence-corrected chi connectivity index (χ4v) is 2.09. The third kappa shape index (κ3) is 4.83. The van der Waals surface area contributed by atoms with Gasteiger partial charge >= 0.3 is 0 Å². The molecule has 94 valence electrons. The molecule has 4 nitrogen and oxygen atoms in total. The minimum atomic E-state index is -0.790. The van der Waals surface area contributed by atoms with Crippen LogP contribution in [0.3, 0.4) is 0 Å². The quantitative estimate of drug-likeness (QED) is 0.895. The van der Waals surface area contributed by atoms with E-state index in [1.54, 1.807) is 32.3 Å². The molecular formula is C12H17BrN2O2. The van der Waals surface area contributed by atoms with Crippen LogP contribution in [0.25, 0.3) is 0 Å². The highest BCUT2D eigenvalue weighted by molar-refractivity contribution is 9.10. The van der Waals surface area contributed by atoms with Crippen molar-refractivity contribution in [1.29, 1.82) is 0 Å². The van der Waals surface area contributed by atoms with E-state index in [-0.39, 0.29) is 11.9 Å². The Balaban J connectivity index is 2.64. The zero-order valence-electron chi connectivity index (χ0n) is 10.2. The van der Waals surface area contributed by atoms with Crippen LogP contribution in [-0.4, -0.2) is 27.6 Å². The molecule has 0 fully saturated rings. The van der Waals surface area contributed by atoms with Gasteiger partial charge in [-0.3, -0.25) is 9.78 Å². The molecule has 17 heavy (non-hydrogen) atoms. The number of halogens is 1. The average Bonchev–Trinajstić information content (AvgIpc) is 2.14. The fraction of sp³-hybridized carbons (Fsp3) is 0.500. The summed E-state index contributed by atoms with van der Waals surface area (Å²) < 4.78 is 0.660. The predicted molar refractivity (Wildman–Crippen MR) is 69.8 cm³/mol. The lowest BCUT2D eigenvalue weighted by atomic mass is 10.00. The summed E-state index contributed by atoms with van der Waals surface area (Å²) in [7, 11) is 0. The van der Waals surface area contributed by atoms with Gasteiger partial charge < -0.3 is 10.4 Å². The molecule has 0 bridgehead atoms. The molecule has 1 heterocycles. The number of nitrogens with one attached hydrogen (secondary N) is 1. The van der Waals surface area contributed by atoms with Crippen molar-refractivity contribution >= 4 is 21.8 Å². The number of hydrogen-bond acceptors (Lipinski definition) is 3. The first-order chi connectivity index (χ1) is 7.79. The first kappa shape index (κ1) is 14.1. The highest BCUT2D eigenvalue weighted by atomic mass is 79.9. The van der Waals surface area contributed by atoms with E-state index in [1.165, 1.54) is 0 Å². The van der Waals surface area contributed by atoms with Crippen molar-refractivity contribution in [2.45, 2.75) is 38.8 Å². The van der Waals surface area contributed by atoms with Gasteiger partial charge in [0.05, 0.1) is 11.2 Å². The van der Waals surface area contributed by atoms with Crippen molar-refractivity contribution in [2.24, 2.45) is 0 Å². The summed E-state index contributed by atoms with van der Waals surface area (Å²) in [6.07, 6.45) is 3.65. The third-order valence-corrected chi connectivity index (χ3v) is 2.83. The van der Waals surface area contributed by atoms with Gasteiger partial charge in [-0.15, -0.1) is 0 Å². The van der Waals surface area contributed by atoms with Gasteiger partial charge in [-0.2, -0.15) is 0 Å². The summed E-state index contributed by atoms with van der Waals surface area (Å²) in [4.78, 5) is 15.8. The molecule has 0 saturated carbocycles. The molecule has 1 aromatic rings. The van der Waals surface area contributed by atoms with Gasteiger partial charge in [0, 0.05) is 22.9 Å². The number of pyridine rings is 1. The summed E-state index contributed by atoms with van der Waals surface area (Å²) >= 11 is 3.28. The van der Waals surface area contributed by atoms with E-state index in [9.17, 15) is 9.90 Å². The van der Waals surface area contributed by atoms with Gasteiger partial charge in [-0.05, 0) is 49.2 Å². The number of carbonyl (C=O) groups is 1. The number of hydrogen-bond donors (Lipinski definition) is 2. The molecule has 0 aliphatic heterocycles. The molecule has 1 amide bonds. The molecule has 1 atom stereocenters. The Labute approximate surface area is 110 Å². The van der Waals surface area contributed by atoms with E-state index in [4.69, 9.17) is 0 Å². The molecule has 2 N–H and O–H groups in total. The first-order valence-electron chi connectivity index (χ1n) is 5.42. The molecule has 5 heteroatoms. The van der Waals surface area contributed by atoms with Crippen LogP contribution in [0.1, 0.15) is 37.6 Å². The lowest BCUT2D eigenvalue weighted by Gasteiger charge is -2.23. The third-order valence-electron chi connectivity index (χ3n) is 2.20. The van der Waals surface area contributed by atoms with Gasteiger partial charge in [0.25, 0.3) is 5.91 Å². The molecule has 1 unspecified atom stereocenters. The van der Waals surface area contributed by atoms with Gasteiger partial charge in [0.15, 0.2) is 0 Å². The average molecular weight is 301 g/mol. The lowest BCUT2D eigenvalue weighted by Crippen LogP contribution is -2.38. The molecule has 0 aliphatic carbocycles. The molecule has 1 rings (SSSR count).